The fourth-order valence-corrected chi connectivity index (χ4v) is 7.57. The van der Waals surface area contributed by atoms with Gasteiger partial charge in [0.15, 0.2) is 6.61 Å². The summed E-state index contributed by atoms with van der Waals surface area (Å²) >= 11 is 6.05. The van der Waals surface area contributed by atoms with Gasteiger partial charge in [0.2, 0.25) is 0 Å². The molecule has 12 heteroatoms. The Labute approximate surface area is 233 Å². The minimum atomic E-state index is -2.86. The van der Waals surface area contributed by atoms with Crippen molar-refractivity contribution in [2.75, 3.05) is 29.8 Å². The van der Waals surface area contributed by atoms with Gasteiger partial charge in [0, 0.05) is 43.1 Å². The molecule has 3 aromatic rings. The number of nitrogens with zero attached hydrogens (tertiary/aromatic N) is 5. The monoisotopic (exact) mass is 575 g/mol. The Morgan fingerprint density at radius 2 is 2.00 bits per heavy atom. The molecule has 2 N–H and O–H groups in total. The number of carbonyl (C=O) groups excluding carboxylic acids is 1. The van der Waals surface area contributed by atoms with Gasteiger partial charge in [-0.1, -0.05) is 24.6 Å². The average molecular weight is 576 g/mol. The van der Waals surface area contributed by atoms with E-state index < -0.39 is 22.6 Å². The van der Waals surface area contributed by atoms with E-state index in [9.17, 15) is 13.9 Å². The third kappa shape index (κ3) is 4.75. The summed E-state index contributed by atoms with van der Waals surface area (Å²) in [6.45, 7) is 3.39. The first kappa shape index (κ1) is 26.4. The molecule has 9 nitrogen and oxygen atoms in total. The predicted octanol–water partition coefficient (Wildman–Crippen LogP) is 5.01. The van der Waals surface area contributed by atoms with Gasteiger partial charge in [-0.3, -0.25) is 18.2 Å². The van der Waals surface area contributed by atoms with Gasteiger partial charge in [-0.2, -0.15) is 0 Å². The normalized spacial score (nSPS) is 20.6. The third-order valence-corrected chi connectivity index (χ3v) is 9.82. The van der Waals surface area contributed by atoms with E-state index in [2.05, 4.69) is 9.55 Å². The van der Waals surface area contributed by atoms with Crippen molar-refractivity contribution in [2.45, 2.75) is 51.6 Å². The summed E-state index contributed by atoms with van der Waals surface area (Å²) in [5, 5.41) is 0.296. The van der Waals surface area contributed by atoms with Crippen LogP contribution in [0, 0.1) is 5.82 Å². The summed E-state index contributed by atoms with van der Waals surface area (Å²) in [6.07, 6.45) is 3.65. The van der Waals surface area contributed by atoms with E-state index in [1.54, 1.807) is 33.5 Å². The second-order valence-electron chi connectivity index (χ2n) is 10.1. The van der Waals surface area contributed by atoms with Gasteiger partial charge in [-0.15, -0.1) is 10.8 Å². The Bertz CT molecular complexity index is 1430. The molecule has 1 amide bonds. The van der Waals surface area contributed by atoms with Gasteiger partial charge in [-0.05, 0) is 43.5 Å². The largest absolute Gasteiger partial charge is 0.482 e. The minimum Gasteiger partial charge on any atom is -0.482 e. The number of carbonyl (C=O) groups is 1. The topological polar surface area (TPSA) is 104 Å². The Kier molecular flexibility index (Phi) is 6.95. The van der Waals surface area contributed by atoms with E-state index in [-0.39, 0.29) is 12.5 Å². The lowest BCUT2D eigenvalue weighted by molar-refractivity contribution is -0.135. The quantitative estimate of drug-likeness (QED) is 0.426. The van der Waals surface area contributed by atoms with Crippen molar-refractivity contribution < 1.29 is 23.0 Å². The van der Waals surface area contributed by atoms with Crippen molar-refractivity contribution in [2.24, 2.45) is 0 Å². The number of fused-ring (bicyclic) bond motifs is 3. The van der Waals surface area contributed by atoms with E-state index in [0.717, 1.165) is 36.6 Å². The Morgan fingerprint density at radius 1 is 1.15 bits per heavy atom. The smallest absolute Gasteiger partial charge is 0.261 e. The van der Waals surface area contributed by atoms with Crippen LogP contribution in [0.2, 0.25) is 5.02 Å². The summed E-state index contributed by atoms with van der Waals surface area (Å²) in [4.78, 5) is 24.8. The lowest BCUT2D eigenvalue weighted by Gasteiger charge is -2.37. The van der Waals surface area contributed by atoms with Crippen LogP contribution in [0.25, 0.3) is 0 Å². The van der Waals surface area contributed by atoms with Crippen molar-refractivity contribution in [1.82, 2.24) is 19.4 Å². The lowest BCUT2D eigenvalue weighted by Crippen LogP contribution is -2.44. The molecule has 1 unspecified atom stereocenters. The van der Waals surface area contributed by atoms with Crippen LogP contribution in [0.15, 0.2) is 30.3 Å². The maximum Gasteiger partial charge on any atom is 0.261 e. The molecule has 0 saturated carbocycles. The highest BCUT2D eigenvalue weighted by atomic mass is 35.5. The number of imidazole rings is 1. The number of pyridine rings is 1. The fraction of sp³-hybridized carbons (Fsp3) is 0.444. The highest BCUT2D eigenvalue weighted by molar-refractivity contribution is 8.25. The first-order chi connectivity index (χ1) is 18.8. The van der Waals surface area contributed by atoms with Gasteiger partial charge >= 0.3 is 0 Å². The van der Waals surface area contributed by atoms with Crippen molar-refractivity contribution >= 4 is 34.1 Å². The van der Waals surface area contributed by atoms with Crippen LogP contribution in [-0.2, 0) is 30.6 Å². The molecule has 39 heavy (non-hydrogen) atoms. The molecule has 208 valence electrons. The molecule has 3 aliphatic rings. The summed E-state index contributed by atoms with van der Waals surface area (Å²) < 4.78 is 45.6. The maximum absolute atomic E-state index is 15.3. The van der Waals surface area contributed by atoms with E-state index in [1.807, 2.05) is 6.92 Å². The van der Waals surface area contributed by atoms with Gasteiger partial charge in [0.1, 0.15) is 29.3 Å². The molecule has 0 aliphatic carbocycles. The van der Waals surface area contributed by atoms with E-state index >= 15 is 4.39 Å². The number of aromatic nitrogens is 3. The zero-order chi connectivity index (χ0) is 27.3. The van der Waals surface area contributed by atoms with E-state index in [4.69, 9.17) is 21.3 Å². The van der Waals surface area contributed by atoms with Crippen molar-refractivity contribution in [3.8, 4) is 5.75 Å². The van der Waals surface area contributed by atoms with Gasteiger partial charge in [0.25, 0.3) is 5.91 Å². The zero-order valence-electron chi connectivity index (χ0n) is 21.6. The van der Waals surface area contributed by atoms with Gasteiger partial charge < -0.3 is 14.2 Å². The minimum absolute atomic E-state index is 0.241. The molecule has 3 aliphatic heterocycles. The number of benzene rings is 1. The fourth-order valence-electron chi connectivity index (χ4n) is 5.85. The van der Waals surface area contributed by atoms with Crippen LogP contribution in [0.4, 0.5) is 10.2 Å². The average Bonchev–Trinajstić information content (AvgIpc) is 3.61. The molecule has 0 spiro atoms. The number of aryl methyl sites for hydroxylation is 2. The molecule has 2 aromatic heterocycles. The van der Waals surface area contributed by atoms with Gasteiger partial charge in [0.05, 0.1) is 22.8 Å². The number of hydrogen-bond acceptors (Lipinski definition) is 7. The van der Waals surface area contributed by atoms with Gasteiger partial charge in [-0.25, -0.2) is 14.4 Å². The first-order valence-corrected chi connectivity index (χ1v) is 15.3. The molecule has 0 bridgehead atoms. The molecule has 6 rings (SSSR count). The molecular weight excluding hydrogens is 545 g/mol. The molecule has 1 atom stereocenters. The van der Waals surface area contributed by atoms with Crippen LogP contribution < -0.4 is 9.04 Å². The van der Waals surface area contributed by atoms with Crippen molar-refractivity contribution in [3.05, 3.63) is 69.6 Å². The van der Waals surface area contributed by atoms with Crippen LogP contribution in [0.3, 0.4) is 0 Å². The van der Waals surface area contributed by atoms with Crippen LogP contribution in [-0.4, -0.2) is 59.9 Å². The molecule has 1 fully saturated rings. The summed E-state index contributed by atoms with van der Waals surface area (Å²) in [5.41, 5.74) is 2.79. The molecular formula is C27H31ClFN5O4S. The number of halogens is 2. The number of hydrogen-bond donors (Lipinski definition) is 2. The first-order valence-electron chi connectivity index (χ1n) is 13.3. The van der Waals surface area contributed by atoms with Crippen LogP contribution >= 0.6 is 22.4 Å². The summed E-state index contributed by atoms with van der Waals surface area (Å²) in [5.74, 6) is 1.53. The van der Waals surface area contributed by atoms with E-state index in [0.29, 0.717) is 66.0 Å². The Balaban J connectivity index is 1.27. The Hall–Kier alpha value is -2.86. The second-order valence-corrected chi connectivity index (χ2v) is 12.6. The molecule has 1 aromatic carbocycles. The van der Waals surface area contributed by atoms with Crippen LogP contribution in [0.1, 0.15) is 54.3 Å². The highest BCUT2D eigenvalue weighted by Crippen LogP contribution is 2.50. The highest BCUT2D eigenvalue weighted by Gasteiger charge is 2.39. The molecule has 1 saturated heterocycles. The third-order valence-electron chi connectivity index (χ3n) is 7.67. The lowest BCUT2D eigenvalue weighted by atomic mass is 9.94. The van der Waals surface area contributed by atoms with Crippen LogP contribution in [0.5, 0.6) is 5.75 Å². The number of rotatable bonds is 6. The second kappa shape index (κ2) is 10.3. The number of anilines is 1. The maximum atomic E-state index is 15.3. The molecule has 0 radical (unpaired) electrons. The van der Waals surface area contributed by atoms with Crippen molar-refractivity contribution in [3.63, 3.8) is 0 Å². The predicted molar refractivity (Wildman–Crippen MR) is 148 cm³/mol. The standard InChI is InChI=1S/C27H31ClFN5O4S/c1-2-20-22(8-9-24(30-20)34-12-4-14-39(34,36)37)38-16-25(35)33-13-10-21-27(32-11-3-5-23(32)31-21)26(33)18-7-6-17(28)15-19(18)29/h6-9,15,26,36-37H,2-5,10-14,16H2,1H3. The number of ether oxygens (including phenoxy) is 1. The summed E-state index contributed by atoms with van der Waals surface area (Å²) in [6, 6.07) is 7.35. The zero-order valence-corrected chi connectivity index (χ0v) is 23.2. The SMILES string of the molecule is CCc1nc(N2CCCS2(O)O)ccc1OCC(=O)N1CCc2nc3n(c2C1c1ccc(Cl)cc1F)CCC3. The summed E-state index contributed by atoms with van der Waals surface area (Å²) in [7, 11) is -2.86. The number of amides is 1. The van der Waals surface area contributed by atoms with Crippen molar-refractivity contribution in [1.29, 1.82) is 0 Å². The molecule has 5 heterocycles. The Morgan fingerprint density at radius 3 is 2.74 bits per heavy atom. The van der Waals surface area contributed by atoms with E-state index in [1.165, 1.54) is 6.07 Å².